The van der Waals surface area contributed by atoms with Crippen molar-refractivity contribution in [3.8, 4) is 66.8 Å². The first-order chi connectivity index (χ1) is 32.6. The van der Waals surface area contributed by atoms with E-state index in [4.69, 9.17) is 0 Å². The smallest absolute Gasteiger partial charge is 0.0645 e. The Morgan fingerprint density at radius 3 is 1.15 bits per heavy atom. The molecule has 278 valence electrons. The zero-order valence-electron chi connectivity index (χ0n) is 40.0. The maximum Gasteiger partial charge on any atom is 0.0645 e. The van der Waals surface area contributed by atoms with E-state index in [0.717, 1.165) is 55.3 Å². The van der Waals surface area contributed by atoms with E-state index in [1.165, 1.54) is 4.90 Å². The lowest BCUT2D eigenvalue weighted by molar-refractivity contribution is 1.28. The minimum absolute atomic E-state index is 0.103. The SMILES string of the molecule is [2H]c1c([2H])c(N(c2ccc(-c3cccc(-c4cccc5ccccc45)c3)cc2)c2c([2H])c([2H])c(-c3cccc(-c4ccccc4)c3)c([2H])c2[2H])c([2H])c([2H])c1-c1cccc(-c2ccccc2)c1. The van der Waals surface area contributed by atoms with Crippen molar-refractivity contribution in [3.05, 3.63) is 249 Å². The van der Waals surface area contributed by atoms with Crippen LogP contribution in [0, 0.1) is 0 Å². The minimum Gasteiger partial charge on any atom is -0.311 e. The molecular formula is C58H41N. The Hall–Kier alpha value is -7.74. The molecule has 0 aliphatic heterocycles. The number of hydrogen-bond donors (Lipinski definition) is 0. The van der Waals surface area contributed by atoms with Crippen LogP contribution in [0.4, 0.5) is 17.1 Å². The summed E-state index contributed by atoms with van der Waals surface area (Å²) in [7, 11) is 0. The Morgan fingerprint density at radius 1 is 0.254 bits per heavy atom. The number of benzene rings is 10. The van der Waals surface area contributed by atoms with Gasteiger partial charge in [0.1, 0.15) is 0 Å². The molecule has 0 aromatic heterocycles. The molecule has 0 saturated carbocycles. The van der Waals surface area contributed by atoms with Gasteiger partial charge in [-0.05, 0) is 132 Å². The molecule has 1 heteroatoms. The zero-order valence-corrected chi connectivity index (χ0v) is 32.0. The van der Waals surface area contributed by atoms with E-state index >= 15 is 0 Å². The predicted molar refractivity (Wildman–Crippen MR) is 251 cm³/mol. The van der Waals surface area contributed by atoms with Crippen molar-refractivity contribution in [1.29, 1.82) is 0 Å². The fourth-order valence-corrected chi connectivity index (χ4v) is 7.61. The molecule has 0 unspecified atom stereocenters. The van der Waals surface area contributed by atoms with E-state index in [1.807, 2.05) is 140 Å². The normalized spacial score (nSPS) is 12.9. The summed E-state index contributed by atoms with van der Waals surface area (Å²) in [6.07, 6.45) is 0. The molecule has 0 fully saturated rings. The van der Waals surface area contributed by atoms with Gasteiger partial charge in [-0.15, -0.1) is 0 Å². The number of rotatable bonds is 9. The lowest BCUT2D eigenvalue weighted by Crippen LogP contribution is -2.09. The van der Waals surface area contributed by atoms with E-state index in [9.17, 15) is 11.0 Å². The topological polar surface area (TPSA) is 3.24 Å². The highest BCUT2D eigenvalue weighted by Gasteiger charge is 2.15. The Labute approximate surface area is 358 Å². The second-order valence-electron chi connectivity index (χ2n) is 14.3. The van der Waals surface area contributed by atoms with Crippen molar-refractivity contribution >= 4 is 27.8 Å². The Morgan fingerprint density at radius 2 is 0.627 bits per heavy atom. The molecule has 10 aromatic carbocycles. The highest BCUT2D eigenvalue weighted by Crippen LogP contribution is 2.39. The molecule has 0 radical (unpaired) electrons. The monoisotopic (exact) mass is 759 g/mol. The van der Waals surface area contributed by atoms with Crippen LogP contribution in [0.5, 0.6) is 0 Å². The van der Waals surface area contributed by atoms with Crippen LogP contribution < -0.4 is 4.90 Å². The van der Waals surface area contributed by atoms with Crippen LogP contribution in [0.2, 0.25) is 0 Å². The van der Waals surface area contributed by atoms with Gasteiger partial charge in [-0.1, -0.05) is 194 Å². The van der Waals surface area contributed by atoms with Crippen LogP contribution in [0.15, 0.2) is 249 Å². The summed E-state index contributed by atoms with van der Waals surface area (Å²) in [6.45, 7) is 0. The Balaban J connectivity index is 1.14. The number of hydrogen-bond acceptors (Lipinski definition) is 1. The summed E-state index contributed by atoms with van der Waals surface area (Å²) >= 11 is 0. The molecule has 0 aliphatic carbocycles. The van der Waals surface area contributed by atoms with Gasteiger partial charge in [0.15, 0.2) is 0 Å². The Kier molecular flexibility index (Phi) is 7.54. The van der Waals surface area contributed by atoms with Crippen LogP contribution in [0.25, 0.3) is 77.5 Å². The highest BCUT2D eigenvalue weighted by molar-refractivity contribution is 5.97. The summed E-state index contributed by atoms with van der Waals surface area (Å²) in [5, 5.41) is 2.28. The molecule has 59 heavy (non-hydrogen) atoms. The molecule has 0 heterocycles. The van der Waals surface area contributed by atoms with Gasteiger partial charge in [0.05, 0.1) is 11.0 Å². The van der Waals surface area contributed by atoms with E-state index < -0.39 is 24.2 Å². The van der Waals surface area contributed by atoms with Crippen LogP contribution in [-0.4, -0.2) is 0 Å². The lowest BCUT2D eigenvalue weighted by atomic mass is 9.95. The van der Waals surface area contributed by atoms with Crippen LogP contribution >= 0.6 is 0 Å². The summed E-state index contributed by atoms with van der Waals surface area (Å²) in [5.74, 6) is 0. The quantitative estimate of drug-likeness (QED) is 0.142. The molecular weight excluding hydrogens is 711 g/mol. The molecule has 1 nitrogen and oxygen atoms in total. The van der Waals surface area contributed by atoms with Gasteiger partial charge in [-0.2, -0.15) is 0 Å². The molecule has 10 rings (SSSR count). The number of fused-ring (bicyclic) bond motifs is 1. The number of nitrogens with zero attached hydrogens (tertiary/aromatic N) is 1. The summed E-state index contributed by atoms with van der Waals surface area (Å²) < 4.78 is 76.1. The fraction of sp³-hybridized carbons (Fsp3) is 0. The van der Waals surface area contributed by atoms with Gasteiger partial charge in [0.25, 0.3) is 0 Å². The first-order valence-electron chi connectivity index (χ1n) is 23.6. The maximum atomic E-state index is 9.59. The van der Waals surface area contributed by atoms with E-state index in [0.29, 0.717) is 16.8 Å². The third-order valence-electron chi connectivity index (χ3n) is 10.6. The van der Waals surface area contributed by atoms with Crippen LogP contribution in [-0.2, 0) is 0 Å². The zero-order chi connectivity index (χ0) is 46.3. The van der Waals surface area contributed by atoms with Crippen molar-refractivity contribution in [2.24, 2.45) is 0 Å². The molecule has 0 spiro atoms. The molecule has 0 amide bonds. The van der Waals surface area contributed by atoms with Crippen molar-refractivity contribution in [1.82, 2.24) is 0 Å². The maximum absolute atomic E-state index is 9.59. The molecule has 0 N–H and O–H groups in total. The molecule has 0 aliphatic rings. The second-order valence-corrected chi connectivity index (χ2v) is 14.3. The molecule has 0 bridgehead atoms. The van der Waals surface area contributed by atoms with Gasteiger partial charge in [-0.3, -0.25) is 0 Å². The van der Waals surface area contributed by atoms with E-state index in [2.05, 4.69) is 36.4 Å². The van der Waals surface area contributed by atoms with Crippen molar-refractivity contribution in [2.75, 3.05) is 4.90 Å². The third-order valence-corrected chi connectivity index (χ3v) is 10.6. The van der Waals surface area contributed by atoms with Crippen molar-refractivity contribution in [2.45, 2.75) is 0 Å². The van der Waals surface area contributed by atoms with Crippen LogP contribution in [0.1, 0.15) is 11.0 Å². The van der Waals surface area contributed by atoms with Gasteiger partial charge < -0.3 is 4.90 Å². The largest absolute Gasteiger partial charge is 0.311 e. The minimum atomic E-state index is -0.399. The molecule has 0 atom stereocenters. The third kappa shape index (κ3) is 7.46. The predicted octanol–water partition coefficient (Wildman–Crippen LogP) is 16.3. The summed E-state index contributed by atoms with van der Waals surface area (Å²) in [6, 6.07) is 61.3. The number of anilines is 3. The summed E-state index contributed by atoms with van der Waals surface area (Å²) in [4.78, 5) is 1.35. The average Bonchev–Trinajstić information content (AvgIpc) is 3.38. The first kappa shape index (κ1) is 27.8. The van der Waals surface area contributed by atoms with E-state index in [-0.39, 0.29) is 46.7 Å². The molecule has 10 aromatic rings. The van der Waals surface area contributed by atoms with Gasteiger partial charge >= 0.3 is 0 Å². The second kappa shape index (κ2) is 16.0. The van der Waals surface area contributed by atoms with Gasteiger partial charge in [0, 0.05) is 17.1 Å². The fourth-order valence-electron chi connectivity index (χ4n) is 7.61. The van der Waals surface area contributed by atoms with Crippen LogP contribution in [0.3, 0.4) is 0 Å². The van der Waals surface area contributed by atoms with Gasteiger partial charge in [0.2, 0.25) is 0 Å². The van der Waals surface area contributed by atoms with E-state index in [1.54, 1.807) is 24.3 Å². The standard InChI is InChI=1S/C58H41N/c1-3-13-42(14-4-1)48-19-9-21-50(39-48)44-27-33-54(34-28-44)59(55-35-29-45(30-36-55)51-22-10-20-49(40-51)43-15-5-2-6-16-43)56-37-31-46(32-38-56)52-23-11-24-53(41-52)58-26-12-18-47-17-7-8-25-57(47)58/h1-41H/i27D,28D,29D,30D,33D,34D,35D,36D. The lowest BCUT2D eigenvalue weighted by Gasteiger charge is -2.26. The molecule has 0 saturated heterocycles. The van der Waals surface area contributed by atoms with Gasteiger partial charge in [-0.25, -0.2) is 0 Å². The highest BCUT2D eigenvalue weighted by atomic mass is 15.1. The van der Waals surface area contributed by atoms with Crippen molar-refractivity contribution in [3.63, 3.8) is 0 Å². The summed E-state index contributed by atoms with van der Waals surface area (Å²) in [5.41, 5.74) is 8.61. The first-order valence-corrected chi connectivity index (χ1v) is 19.6. The van der Waals surface area contributed by atoms with Crippen molar-refractivity contribution < 1.29 is 11.0 Å². The average molecular weight is 760 g/mol. The Bertz CT molecular complexity index is 3290.